The van der Waals surface area contributed by atoms with Crippen molar-refractivity contribution in [1.82, 2.24) is 14.8 Å². The van der Waals surface area contributed by atoms with Gasteiger partial charge in [-0.05, 0) is 36.6 Å². The summed E-state index contributed by atoms with van der Waals surface area (Å²) in [5.74, 6) is 1.82. The predicted octanol–water partition coefficient (Wildman–Crippen LogP) is 5.39. The van der Waals surface area contributed by atoms with E-state index in [1.54, 1.807) is 0 Å². The van der Waals surface area contributed by atoms with Crippen molar-refractivity contribution >= 4 is 9.04 Å². The summed E-state index contributed by atoms with van der Waals surface area (Å²) in [6.07, 6.45) is 0.108. The molecule has 2 aromatic carbocycles. The maximum atomic E-state index is 6.36. The van der Waals surface area contributed by atoms with E-state index < -0.39 is 9.04 Å². The van der Waals surface area contributed by atoms with E-state index in [1.807, 2.05) is 13.0 Å². The first-order valence-corrected chi connectivity index (χ1v) is 12.7. The lowest BCUT2D eigenvalue weighted by atomic mass is 9.84. The minimum atomic E-state index is -1.14. The molecule has 0 radical (unpaired) electrons. The second kappa shape index (κ2) is 8.41. The molecule has 0 fully saturated rings. The van der Waals surface area contributed by atoms with E-state index in [0.29, 0.717) is 0 Å². The Morgan fingerprint density at radius 2 is 1.61 bits per heavy atom. The SMILES string of the molecule is Cc1nnc(-c2ccc(C(O[SiH](C)C)C(C)(C)C)cc2)n1Cc1ccccc1. The number of nitrogens with zero attached hydrogens (tertiary/aromatic N) is 3. The highest BCUT2D eigenvalue weighted by atomic mass is 28.3. The number of rotatable bonds is 6. The standard InChI is InChI=1S/C23H31N3OSi/c1-17-24-25-22(26(17)16-18-10-8-7-9-11-18)20-14-12-19(13-15-20)21(23(2,3)4)27-28(5)6/h7-15,21,28H,16H2,1-6H3. The molecule has 0 saturated carbocycles. The van der Waals surface area contributed by atoms with Crippen LogP contribution < -0.4 is 0 Å². The van der Waals surface area contributed by atoms with Gasteiger partial charge in [0.1, 0.15) is 5.82 Å². The molecule has 0 N–H and O–H groups in total. The molecule has 0 saturated heterocycles. The van der Waals surface area contributed by atoms with E-state index in [4.69, 9.17) is 4.43 Å². The van der Waals surface area contributed by atoms with Gasteiger partial charge in [-0.3, -0.25) is 0 Å². The summed E-state index contributed by atoms with van der Waals surface area (Å²) in [7, 11) is -1.14. The minimum absolute atomic E-state index is 0.0582. The van der Waals surface area contributed by atoms with Crippen molar-refractivity contribution in [3.05, 3.63) is 71.5 Å². The third-order valence-electron chi connectivity index (χ3n) is 4.79. The maximum Gasteiger partial charge on any atom is 0.171 e. The monoisotopic (exact) mass is 393 g/mol. The van der Waals surface area contributed by atoms with E-state index in [2.05, 4.69) is 97.2 Å². The predicted molar refractivity (Wildman–Crippen MR) is 118 cm³/mol. The lowest BCUT2D eigenvalue weighted by Gasteiger charge is -2.33. The number of benzene rings is 2. The van der Waals surface area contributed by atoms with Crippen LogP contribution in [-0.2, 0) is 11.0 Å². The highest BCUT2D eigenvalue weighted by Gasteiger charge is 2.28. The van der Waals surface area contributed by atoms with Gasteiger partial charge >= 0.3 is 0 Å². The lowest BCUT2D eigenvalue weighted by molar-refractivity contribution is 0.0866. The van der Waals surface area contributed by atoms with Gasteiger partial charge in [0.2, 0.25) is 0 Å². The molecule has 0 spiro atoms. The molecule has 28 heavy (non-hydrogen) atoms. The quantitative estimate of drug-likeness (QED) is 0.527. The molecule has 1 heterocycles. The average molecular weight is 394 g/mol. The van der Waals surface area contributed by atoms with Crippen molar-refractivity contribution in [1.29, 1.82) is 0 Å². The van der Waals surface area contributed by atoms with Crippen LogP contribution in [0.15, 0.2) is 54.6 Å². The molecule has 0 aliphatic heterocycles. The van der Waals surface area contributed by atoms with Gasteiger partial charge in [-0.15, -0.1) is 10.2 Å². The van der Waals surface area contributed by atoms with Gasteiger partial charge < -0.3 is 8.99 Å². The molecule has 4 nitrogen and oxygen atoms in total. The molecular weight excluding hydrogens is 362 g/mol. The normalized spacial score (nSPS) is 13.1. The Morgan fingerprint density at radius 1 is 0.964 bits per heavy atom. The summed E-state index contributed by atoms with van der Waals surface area (Å²) in [6.45, 7) is 13.9. The van der Waals surface area contributed by atoms with Crippen LogP contribution in [0.5, 0.6) is 0 Å². The fourth-order valence-corrected chi connectivity index (χ4v) is 4.52. The van der Waals surface area contributed by atoms with Crippen molar-refractivity contribution in [3.8, 4) is 11.4 Å². The zero-order chi connectivity index (χ0) is 20.3. The van der Waals surface area contributed by atoms with Gasteiger partial charge in [-0.25, -0.2) is 0 Å². The zero-order valence-electron chi connectivity index (χ0n) is 17.8. The Hall–Kier alpha value is -2.24. The second-order valence-electron chi connectivity index (χ2n) is 8.70. The van der Waals surface area contributed by atoms with Crippen LogP contribution in [-0.4, -0.2) is 23.8 Å². The highest BCUT2D eigenvalue weighted by Crippen LogP contribution is 2.37. The van der Waals surface area contributed by atoms with E-state index in [0.717, 1.165) is 23.8 Å². The van der Waals surface area contributed by atoms with Crippen LogP contribution >= 0.6 is 0 Å². The maximum absolute atomic E-state index is 6.36. The van der Waals surface area contributed by atoms with Gasteiger partial charge in [0.15, 0.2) is 14.9 Å². The highest BCUT2D eigenvalue weighted by molar-refractivity contribution is 6.48. The van der Waals surface area contributed by atoms with Crippen molar-refractivity contribution in [2.24, 2.45) is 5.41 Å². The second-order valence-corrected chi connectivity index (χ2v) is 11.1. The van der Waals surface area contributed by atoms with Gasteiger partial charge in [-0.2, -0.15) is 0 Å². The van der Waals surface area contributed by atoms with Crippen LogP contribution in [0.4, 0.5) is 0 Å². The van der Waals surface area contributed by atoms with Crippen molar-refractivity contribution in [2.45, 2.75) is 53.4 Å². The molecular formula is C23H31N3OSi. The van der Waals surface area contributed by atoms with Crippen molar-refractivity contribution in [3.63, 3.8) is 0 Å². The molecule has 1 unspecified atom stereocenters. The fourth-order valence-electron chi connectivity index (χ4n) is 3.41. The number of hydrogen-bond donors (Lipinski definition) is 0. The topological polar surface area (TPSA) is 39.9 Å². The van der Waals surface area contributed by atoms with Gasteiger partial charge in [0, 0.05) is 5.56 Å². The number of aryl methyl sites for hydroxylation is 1. The first-order chi connectivity index (χ1) is 13.3. The first kappa shape index (κ1) is 20.5. The third kappa shape index (κ3) is 4.78. The summed E-state index contributed by atoms with van der Waals surface area (Å²) in [5, 5.41) is 8.76. The summed E-state index contributed by atoms with van der Waals surface area (Å²) in [6, 6.07) is 19.1. The van der Waals surface area contributed by atoms with E-state index in [1.165, 1.54) is 11.1 Å². The Kier molecular flexibility index (Phi) is 6.16. The average Bonchev–Trinajstić information content (AvgIpc) is 3.00. The third-order valence-corrected chi connectivity index (χ3v) is 5.60. The van der Waals surface area contributed by atoms with Crippen LogP contribution in [0, 0.1) is 12.3 Å². The molecule has 0 aliphatic carbocycles. The van der Waals surface area contributed by atoms with Crippen LogP contribution in [0.2, 0.25) is 13.1 Å². The fraction of sp³-hybridized carbons (Fsp3) is 0.391. The lowest BCUT2D eigenvalue weighted by Crippen LogP contribution is -2.25. The largest absolute Gasteiger partial charge is 0.413 e. The van der Waals surface area contributed by atoms with Crippen LogP contribution in [0.1, 0.15) is 43.8 Å². The van der Waals surface area contributed by atoms with E-state index >= 15 is 0 Å². The molecule has 148 valence electrons. The molecule has 5 heteroatoms. The summed E-state index contributed by atoms with van der Waals surface area (Å²) in [4.78, 5) is 0. The molecule has 1 atom stereocenters. The van der Waals surface area contributed by atoms with Gasteiger partial charge in [0.05, 0.1) is 12.6 Å². The first-order valence-electron chi connectivity index (χ1n) is 9.95. The summed E-state index contributed by atoms with van der Waals surface area (Å²) < 4.78 is 8.53. The van der Waals surface area contributed by atoms with E-state index in [9.17, 15) is 0 Å². The molecule has 0 amide bonds. The Morgan fingerprint density at radius 3 is 2.18 bits per heavy atom. The molecule has 1 aromatic heterocycles. The number of hydrogen-bond acceptors (Lipinski definition) is 3. The van der Waals surface area contributed by atoms with E-state index in [-0.39, 0.29) is 11.5 Å². The zero-order valence-corrected chi connectivity index (χ0v) is 19.0. The number of aromatic nitrogens is 3. The Bertz CT molecular complexity index is 896. The van der Waals surface area contributed by atoms with Crippen molar-refractivity contribution in [2.75, 3.05) is 0 Å². The van der Waals surface area contributed by atoms with Crippen LogP contribution in [0.3, 0.4) is 0 Å². The Balaban J connectivity index is 1.90. The van der Waals surface area contributed by atoms with Crippen molar-refractivity contribution < 1.29 is 4.43 Å². The molecule has 0 bridgehead atoms. The summed E-state index contributed by atoms with van der Waals surface area (Å²) in [5.41, 5.74) is 3.60. The smallest absolute Gasteiger partial charge is 0.171 e. The van der Waals surface area contributed by atoms with Gasteiger partial charge in [0.25, 0.3) is 0 Å². The molecule has 3 rings (SSSR count). The molecule has 3 aromatic rings. The Labute approximate surface area is 170 Å². The minimum Gasteiger partial charge on any atom is -0.413 e. The molecule has 0 aliphatic rings. The van der Waals surface area contributed by atoms with Gasteiger partial charge in [-0.1, -0.05) is 75.4 Å². The van der Waals surface area contributed by atoms with Crippen LogP contribution in [0.25, 0.3) is 11.4 Å². The summed E-state index contributed by atoms with van der Waals surface area (Å²) >= 11 is 0.